The smallest absolute Gasteiger partial charge is 0.365 e. The first-order valence-corrected chi connectivity index (χ1v) is 23.3. The van der Waals surface area contributed by atoms with Gasteiger partial charge in [0, 0.05) is 67.0 Å². The van der Waals surface area contributed by atoms with E-state index in [9.17, 15) is 4.79 Å². The van der Waals surface area contributed by atoms with Gasteiger partial charge in [0.2, 0.25) is 11.4 Å². The first-order valence-electron chi connectivity index (χ1n) is 18.3. The van der Waals surface area contributed by atoms with Crippen LogP contribution in [0.25, 0.3) is 38.4 Å². The van der Waals surface area contributed by atoms with Crippen LogP contribution in [0.2, 0.25) is 0 Å². The summed E-state index contributed by atoms with van der Waals surface area (Å²) < 4.78 is 18.6. The van der Waals surface area contributed by atoms with Crippen molar-refractivity contribution in [2.75, 3.05) is 13.2 Å². The Morgan fingerprint density at radius 3 is 1.67 bits per heavy atom. The average molecular weight is 989 g/mol. The normalized spacial score (nSPS) is 12.1. The molecule has 61 heavy (non-hydrogen) atoms. The van der Waals surface area contributed by atoms with Crippen LogP contribution in [0.3, 0.4) is 0 Å². The number of halogens is 2. The average Bonchev–Trinajstić information content (AvgIpc) is 4.02. The number of carboxylic acids is 1. The molecule has 0 saturated carbocycles. The molecular weight excluding hydrogens is 958 g/mol. The molecule has 3 aromatic heterocycles. The number of rotatable bonds is 5. The molecule has 2 aliphatic heterocycles. The second-order valence-corrected chi connectivity index (χ2v) is 19.9. The first kappa shape index (κ1) is 43.4. The Morgan fingerprint density at radius 2 is 1.21 bits per heavy atom. The molecule has 1 N–H and O–H groups in total. The maximum absolute atomic E-state index is 11.0. The molecule has 2 aliphatic rings. The Hall–Kier alpha value is -5.69. The highest BCUT2D eigenvalue weighted by Crippen LogP contribution is 2.47. The van der Waals surface area contributed by atoms with Crippen LogP contribution in [0, 0.1) is 6.57 Å². The number of carboxylic acid groups (broad SMARTS) is 1. The number of thiazole rings is 2. The van der Waals surface area contributed by atoms with Crippen molar-refractivity contribution in [1.82, 2.24) is 20.2 Å². The third kappa shape index (κ3) is 9.47. The van der Waals surface area contributed by atoms with E-state index in [2.05, 4.69) is 98.2 Å². The van der Waals surface area contributed by atoms with E-state index in [1.165, 1.54) is 22.6 Å². The van der Waals surface area contributed by atoms with Gasteiger partial charge >= 0.3 is 5.97 Å². The Bertz CT molecular complexity index is 2770. The van der Waals surface area contributed by atoms with Crippen LogP contribution in [0.1, 0.15) is 19.6 Å². The van der Waals surface area contributed by atoms with Gasteiger partial charge in [0.05, 0.1) is 29.5 Å². The predicted octanol–water partition coefficient (Wildman–Crippen LogP) is 10.4. The number of aromatic carboxylic acids is 1. The van der Waals surface area contributed by atoms with Gasteiger partial charge < -0.3 is 19.0 Å². The summed E-state index contributed by atoms with van der Waals surface area (Å²) in [6.45, 7) is 8.57. The summed E-state index contributed by atoms with van der Waals surface area (Å²) in [6, 6.07) is 42.1. The molecule has 0 amide bonds. The molecule has 0 unspecified atom stereocenters. The minimum absolute atomic E-state index is 0. The highest BCUT2D eigenvalue weighted by molar-refractivity contribution is 9.10. The fourth-order valence-electron chi connectivity index (χ4n) is 6.64. The molecule has 0 bridgehead atoms. The minimum Gasteiger partial charge on any atom is -0.492 e. The third-order valence-corrected chi connectivity index (χ3v) is 15.9. The van der Waals surface area contributed by atoms with Gasteiger partial charge in [-0.2, -0.15) is 6.57 Å². The zero-order valence-corrected chi connectivity index (χ0v) is 37.6. The maximum Gasteiger partial charge on any atom is 0.365 e. The molecule has 0 fully saturated rings. The van der Waals surface area contributed by atoms with Crippen LogP contribution >= 0.6 is 61.6 Å². The second kappa shape index (κ2) is 19.8. The van der Waals surface area contributed by atoms with Crippen LogP contribution in [0.5, 0.6) is 11.5 Å². The lowest BCUT2D eigenvalue weighted by Gasteiger charge is -2.21. The molecule has 8 aromatic rings. The van der Waals surface area contributed by atoms with Crippen molar-refractivity contribution < 1.29 is 23.8 Å². The molecule has 10 rings (SSSR count). The standard InChI is InChI=1S/C19H15N2P.C13H8BrN3O2S.C12H8BrNO3S.B/c1-20-21-22(17-11-5-2-6-12-17,18-13-7-3-8-14-18)19-15-9-4-10-16-19;14-7-1-2-8-9(5-7)18-4-3-10-11(8)16-13(20-10)12-17-15-6-19-12;13-6-1-2-7-8(5-6)17-4-3-9-10(7)14-11(18-9)12(15)16;/h2-16H;1-2,5-6H,3-4H2;1-2,5H,3-4H2,(H,15,16);. The van der Waals surface area contributed by atoms with E-state index in [-0.39, 0.29) is 13.4 Å². The Kier molecular flexibility index (Phi) is 14.1. The summed E-state index contributed by atoms with van der Waals surface area (Å²) in [4.78, 5) is 29.9. The molecule has 0 aliphatic carbocycles. The summed E-state index contributed by atoms with van der Waals surface area (Å²) in [7, 11) is -2.28. The van der Waals surface area contributed by atoms with Crippen LogP contribution in [-0.2, 0) is 12.8 Å². The number of hydrogen-bond acceptors (Lipinski definition) is 11. The fourth-order valence-corrected chi connectivity index (χ4v) is 12.4. The van der Waals surface area contributed by atoms with Gasteiger partial charge in [-0.05, 0) is 36.4 Å². The zero-order chi connectivity index (χ0) is 41.5. The van der Waals surface area contributed by atoms with Crippen LogP contribution in [0.15, 0.2) is 152 Å². The highest BCUT2D eigenvalue weighted by Gasteiger charge is 2.31. The third-order valence-electron chi connectivity index (χ3n) is 9.26. The second-order valence-electron chi connectivity index (χ2n) is 12.9. The summed E-state index contributed by atoms with van der Waals surface area (Å²) in [5.41, 5.74) is 3.54. The summed E-state index contributed by atoms with van der Waals surface area (Å²) in [5.74, 6) is 1.07. The number of nitrogens with zero attached hydrogens (tertiary/aromatic N) is 6. The minimum atomic E-state index is -2.28. The van der Waals surface area contributed by atoms with Gasteiger partial charge in [0.15, 0.2) is 5.01 Å². The van der Waals surface area contributed by atoms with Crippen LogP contribution in [0.4, 0.5) is 0 Å². The van der Waals surface area contributed by atoms with Crippen LogP contribution in [-0.4, -0.2) is 52.9 Å². The van der Waals surface area contributed by atoms with Crippen molar-refractivity contribution in [3.63, 3.8) is 0 Å². The molecule has 5 heterocycles. The lowest BCUT2D eigenvalue weighted by atomic mass is 10.1. The summed E-state index contributed by atoms with van der Waals surface area (Å²) in [6.07, 6.45) is 2.83. The number of aromatic nitrogens is 4. The quantitative estimate of drug-likeness (QED) is 0.0773. The van der Waals surface area contributed by atoms with Crippen molar-refractivity contribution in [2.45, 2.75) is 12.8 Å². The van der Waals surface area contributed by atoms with Gasteiger partial charge in [0.1, 0.15) is 18.6 Å². The predicted molar refractivity (Wildman–Crippen MR) is 249 cm³/mol. The molecule has 0 saturated heterocycles. The first-order chi connectivity index (χ1) is 29.3. The van der Waals surface area contributed by atoms with E-state index in [0.29, 0.717) is 25.5 Å². The van der Waals surface area contributed by atoms with Gasteiger partial charge in [0.25, 0.3) is 5.89 Å². The fraction of sp³-hybridized carbons (Fsp3) is 0.0909. The van der Waals surface area contributed by atoms with Crippen molar-refractivity contribution in [3.05, 3.63) is 169 Å². The van der Waals surface area contributed by atoms with E-state index in [4.69, 9.17) is 25.6 Å². The largest absolute Gasteiger partial charge is 0.492 e. The van der Waals surface area contributed by atoms with E-state index < -0.39 is 13.0 Å². The molecule has 0 atom stereocenters. The van der Waals surface area contributed by atoms with Gasteiger partial charge in [-0.3, -0.25) is 0 Å². The molecule has 5 aromatic carbocycles. The van der Waals surface area contributed by atoms with Crippen molar-refractivity contribution >= 4 is 91.9 Å². The topological polar surface area (TPSA) is 137 Å². The van der Waals surface area contributed by atoms with Crippen molar-refractivity contribution in [3.8, 4) is 44.9 Å². The van der Waals surface area contributed by atoms with Gasteiger partial charge in [-0.1, -0.05) is 123 Å². The van der Waals surface area contributed by atoms with E-state index >= 15 is 0 Å². The van der Waals surface area contributed by atoms with Crippen LogP contribution < -0.4 is 25.4 Å². The molecular formula is C44H31BBr2N6O5PS2. The van der Waals surface area contributed by atoms with Gasteiger partial charge in [-0.25, -0.2) is 14.8 Å². The lowest BCUT2D eigenvalue weighted by molar-refractivity contribution is 0.0696. The number of fused-ring (bicyclic) bond motifs is 6. The Morgan fingerprint density at radius 1 is 0.721 bits per heavy atom. The van der Waals surface area contributed by atoms with Crippen molar-refractivity contribution in [1.29, 1.82) is 0 Å². The number of ether oxygens (including phenoxy) is 2. The zero-order valence-electron chi connectivity index (χ0n) is 31.9. The van der Waals surface area contributed by atoms with E-state index in [1.54, 1.807) is 11.3 Å². The number of carbonyl (C=O) groups is 1. The van der Waals surface area contributed by atoms with Gasteiger partial charge in [-0.15, -0.1) is 37.8 Å². The highest BCUT2D eigenvalue weighted by atomic mass is 79.9. The number of benzene rings is 5. The molecule has 0 spiro atoms. The summed E-state index contributed by atoms with van der Waals surface area (Å²) in [5, 5.41) is 20.8. The molecule has 11 nitrogen and oxygen atoms in total. The monoisotopic (exact) mass is 987 g/mol. The molecule has 301 valence electrons. The van der Waals surface area contributed by atoms with E-state index in [0.717, 1.165) is 75.2 Å². The lowest BCUT2D eigenvalue weighted by Crippen LogP contribution is -2.24. The van der Waals surface area contributed by atoms with Crippen molar-refractivity contribution in [2.24, 2.45) is 4.85 Å². The molecule has 3 radical (unpaired) electrons. The number of hydrogen-bond donors (Lipinski definition) is 1. The molecule has 17 heteroatoms. The maximum atomic E-state index is 11.0. The van der Waals surface area contributed by atoms with E-state index in [1.807, 2.05) is 91.0 Å². The Balaban J connectivity index is 0.000000137. The SMILES string of the molecule is Brc1ccc2c(c1)OCCc1sc(-c3nnco3)nc1-2.O=C(O)c1nc2c(s1)CCOc1cc(Br)ccc1-2.[B].[C-]#[N+]N=P(c1ccccc1)(c1ccccc1)c1ccccc1. The summed E-state index contributed by atoms with van der Waals surface area (Å²) >= 11 is 9.65. The Labute approximate surface area is 378 Å².